The van der Waals surface area contributed by atoms with Gasteiger partial charge < -0.3 is 14.6 Å². The van der Waals surface area contributed by atoms with E-state index in [1.54, 1.807) is 13.0 Å². The van der Waals surface area contributed by atoms with Gasteiger partial charge in [-0.15, -0.1) is 0 Å². The molecule has 94 valence electrons. The van der Waals surface area contributed by atoms with Gasteiger partial charge in [0.25, 0.3) is 0 Å². The van der Waals surface area contributed by atoms with E-state index < -0.39 is 29.8 Å². The van der Waals surface area contributed by atoms with E-state index in [-0.39, 0.29) is 11.9 Å². The molecule has 0 spiro atoms. The van der Waals surface area contributed by atoms with E-state index in [1.807, 2.05) is 6.08 Å². The van der Waals surface area contributed by atoms with Crippen molar-refractivity contribution in [2.75, 3.05) is 13.7 Å². The Kier molecular flexibility index (Phi) is 3.19. The highest BCUT2D eigenvalue weighted by atomic mass is 16.5. The molecule has 1 saturated heterocycles. The summed E-state index contributed by atoms with van der Waals surface area (Å²) < 4.78 is 9.71. The number of methoxy groups -OCH3 is 1. The van der Waals surface area contributed by atoms with Crippen LogP contribution < -0.4 is 0 Å². The van der Waals surface area contributed by atoms with Crippen molar-refractivity contribution in [2.24, 2.45) is 23.7 Å². The minimum absolute atomic E-state index is 0.0819. The van der Waals surface area contributed by atoms with Crippen molar-refractivity contribution in [1.29, 1.82) is 0 Å². The van der Waals surface area contributed by atoms with Crippen molar-refractivity contribution >= 4 is 11.9 Å². The number of cyclic esters (lactones) is 1. The SMILES string of the molecule is COC(=O)[C@@H]1[C@H]([C@H](C)O)C=C[C@@H]2COC(=O)[C@H]12. The van der Waals surface area contributed by atoms with Crippen LogP contribution in [0.1, 0.15) is 6.92 Å². The number of rotatable bonds is 2. The molecule has 2 rings (SSSR count). The molecular weight excluding hydrogens is 224 g/mol. The minimum Gasteiger partial charge on any atom is -0.469 e. The summed E-state index contributed by atoms with van der Waals surface area (Å²) in [5.74, 6) is -2.48. The maximum Gasteiger partial charge on any atom is 0.310 e. The molecule has 0 amide bonds. The van der Waals surface area contributed by atoms with Gasteiger partial charge in [-0.1, -0.05) is 12.2 Å². The molecule has 1 heterocycles. The van der Waals surface area contributed by atoms with Gasteiger partial charge in [-0.2, -0.15) is 0 Å². The average Bonchev–Trinajstić information content (AvgIpc) is 2.69. The lowest BCUT2D eigenvalue weighted by Crippen LogP contribution is -2.42. The zero-order valence-electron chi connectivity index (χ0n) is 9.83. The van der Waals surface area contributed by atoms with Gasteiger partial charge in [0.15, 0.2) is 0 Å². The zero-order chi connectivity index (χ0) is 12.6. The van der Waals surface area contributed by atoms with Crippen LogP contribution in [-0.2, 0) is 19.1 Å². The van der Waals surface area contributed by atoms with Crippen LogP contribution in [0.15, 0.2) is 12.2 Å². The molecule has 0 unspecified atom stereocenters. The van der Waals surface area contributed by atoms with Crippen LogP contribution >= 0.6 is 0 Å². The molecule has 5 heteroatoms. The summed E-state index contributed by atoms with van der Waals surface area (Å²) in [6.07, 6.45) is 2.94. The molecular formula is C12H16O5. The van der Waals surface area contributed by atoms with Crippen LogP contribution in [0.2, 0.25) is 0 Å². The Hall–Kier alpha value is -1.36. The van der Waals surface area contributed by atoms with Crippen LogP contribution in [0.25, 0.3) is 0 Å². The van der Waals surface area contributed by atoms with E-state index in [0.29, 0.717) is 6.61 Å². The lowest BCUT2D eigenvalue weighted by atomic mass is 9.70. The molecule has 0 saturated carbocycles. The summed E-state index contributed by atoms with van der Waals surface area (Å²) in [6, 6.07) is 0. The normalized spacial score (nSPS) is 37.2. The van der Waals surface area contributed by atoms with E-state index >= 15 is 0 Å². The molecule has 1 fully saturated rings. The Morgan fingerprint density at radius 1 is 1.59 bits per heavy atom. The summed E-state index contributed by atoms with van der Waals surface area (Å²) in [4.78, 5) is 23.5. The fourth-order valence-corrected chi connectivity index (χ4v) is 2.67. The van der Waals surface area contributed by atoms with Gasteiger partial charge in [0.2, 0.25) is 0 Å². The third kappa shape index (κ3) is 1.95. The molecule has 0 radical (unpaired) electrons. The number of carbonyl (C=O) groups is 2. The molecule has 0 bridgehead atoms. The van der Waals surface area contributed by atoms with Crippen molar-refractivity contribution in [3.8, 4) is 0 Å². The first-order valence-electron chi connectivity index (χ1n) is 5.67. The van der Waals surface area contributed by atoms with Gasteiger partial charge in [0.05, 0.1) is 31.7 Å². The number of fused-ring (bicyclic) bond motifs is 1. The van der Waals surface area contributed by atoms with Crippen LogP contribution in [0.4, 0.5) is 0 Å². The standard InChI is InChI=1S/C12H16O5/c1-6(13)8-4-3-7-5-17-12(15)9(7)10(8)11(14)16-2/h3-4,6-10,13H,5H2,1-2H3/t6-,7+,8-,9-,10+/m0/s1. The molecule has 1 aliphatic heterocycles. The lowest BCUT2D eigenvalue weighted by Gasteiger charge is -2.33. The molecule has 1 N–H and O–H groups in total. The van der Waals surface area contributed by atoms with E-state index in [4.69, 9.17) is 9.47 Å². The first kappa shape index (κ1) is 12.1. The molecule has 5 nitrogen and oxygen atoms in total. The monoisotopic (exact) mass is 240 g/mol. The zero-order valence-corrected chi connectivity index (χ0v) is 9.83. The van der Waals surface area contributed by atoms with E-state index in [2.05, 4.69) is 0 Å². The molecule has 0 aromatic rings. The van der Waals surface area contributed by atoms with Gasteiger partial charge in [0.1, 0.15) is 0 Å². The first-order valence-corrected chi connectivity index (χ1v) is 5.67. The van der Waals surface area contributed by atoms with Gasteiger partial charge in [0, 0.05) is 11.8 Å². The largest absolute Gasteiger partial charge is 0.469 e. The third-order valence-corrected chi connectivity index (χ3v) is 3.56. The van der Waals surface area contributed by atoms with Gasteiger partial charge in [-0.05, 0) is 6.92 Å². The van der Waals surface area contributed by atoms with Crippen LogP contribution in [-0.4, -0.2) is 36.9 Å². The lowest BCUT2D eigenvalue weighted by molar-refractivity contribution is -0.157. The number of aliphatic hydroxyl groups excluding tert-OH is 1. The summed E-state index contributed by atoms with van der Waals surface area (Å²) in [5, 5.41) is 9.69. The van der Waals surface area contributed by atoms with Crippen molar-refractivity contribution in [3.63, 3.8) is 0 Å². The number of hydrogen-bond donors (Lipinski definition) is 1. The van der Waals surface area contributed by atoms with E-state index in [0.717, 1.165) is 0 Å². The molecule has 0 aromatic heterocycles. The molecule has 17 heavy (non-hydrogen) atoms. The highest BCUT2D eigenvalue weighted by Crippen LogP contribution is 2.40. The fourth-order valence-electron chi connectivity index (χ4n) is 2.67. The van der Waals surface area contributed by atoms with E-state index in [9.17, 15) is 14.7 Å². The van der Waals surface area contributed by atoms with Crippen molar-refractivity contribution in [3.05, 3.63) is 12.2 Å². The number of ether oxygens (including phenoxy) is 2. The summed E-state index contributed by atoms with van der Waals surface area (Å²) >= 11 is 0. The Balaban J connectivity index is 2.34. The van der Waals surface area contributed by atoms with Crippen LogP contribution in [0.3, 0.4) is 0 Å². The summed E-state index contributed by atoms with van der Waals surface area (Å²) in [5.41, 5.74) is 0. The van der Waals surface area contributed by atoms with Gasteiger partial charge in [-0.3, -0.25) is 9.59 Å². The van der Waals surface area contributed by atoms with Gasteiger partial charge >= 0.3 is 11.9 Å². The Morgan fingerprint density at radius 3 is 2.88 bits per heavy atom. The molecule has 0 aromatic carbocycles. The number of carbonyl (C=O) groups excluding carboxylic acids is 2. The quantitative estimate of drug-likeness (QED) is 0.548. The maximum absolute atomic E-state index is 11.8. The predicted molar refractivity (Wildman–Crippen MR) is 57.8 cm³/mol. The van der Waals surface area contributed by atoms with E-state index in [1.165, 1.54) is 7.11 Å². The highest BCUT2D eigenvalue weighted by Gasteiger charge is 2.50. The summed E-state index contributed by atoms with van der Waals surface area (Å²) in [7, 11) is 1.29. The summed E-state index contributed by atoms with van der Waals surface area (Å²) in [6.45, 7) is 1.91. The minimum atomic E-state index is -0.704. The third-order valence-electron chi connectivity index (χ3n) is 3.56. The smallest absolute Gasteiger partial charge is 0.310 e. The molecule has 5 atom stereocenters. The van der Waals surface area contributed by atoms with Crippen molar-refractivity contribution in [1.82, 2.24) is 0 Å². The molecule has 2 aliphatic rings. The Bertz CT molecular complexity index is 360. The number of hydrogen-bond acceptors (Lipinski definition) is 5. The highest BCUT2D eigenvalue weighted by molar-refractivity contribution is 5.84. The predicted octanol–water partition coefficient (Wildman–Crippen LogP) is 0.132. The number of aliphatic hydroxyl groups is 1. The second-order valence-corrected chi connectivity index (χ2v) is 4.57. The maximum atomic E-state index is 11.8. The Labute approximate surface area is 99.4 Å². The van der Waals surface area contributed by atoms with Crippen molar-refractivity contribution in [2.45, 2.75) is 13.0 Å². The second kappa shape index (κ2) is 4.49. The molecule has 1 aliphatic carbocycles. The van der Waals surface area contributed by atoms with Crippen LogP contribution in [0.5, 0.6) is 0 Å². The van der Waals surface area contributed by atoms with Gasteiger partial charge in [-0.25, -0.2) is 0 Å². The first-order chi connectivity index (χ1) is 8.06. The fraction of sp³-hybridized carbons (Fsp3) is 0.667. The number of esters is 2. The van der Waals surface area contributed by atoms with Crippen LogP contribution in [0, 0.1) is 23.7 Å². The Morgan fingerprint density at radius 2 is 2.29 bits per heavy atom. The topological polar surface area (TPSA) is 72.8 Å². The second-order valence-electron chi connectivity index (χ2n) is 4.57. The average molecular weight is 240 g/mol. The van der Waals surface area contributed by atoms with Crippen molar-refractivity contribution < 1.29 is 24.2 Å².